The number of amides is 1. The van der Waals surface area contributed by atoms with Gasteiger partial charge in [0.05, 0.1) is 18.2 Å². The smallest absolute Gasteiger partial charge is 0.261 e. The van der Waals surface area contributed by atoms with Gasteiger partial charge in [-0.25, -0.2) is 4.99 Å². The van der Waals surface area contributed by atoms with E-state index >= 15 is 0 Å². The van der Waals surface area contributed by atoms with Crippen LogP contribution in [0.4, 0.5) is 0 Å². The molecule has 176 valence electrons. The van der Waals surface area contributed by atoms with Crippen molar-refractivity contribution in [1.29, 1.82) is 0 Å². The van der Waals surface area contributed by atoms with Gasteiger partial charge in [0, 0.05) is 37.0 Å². The highest BCUT2D eigenvalue weighted by Crippen LogP contribution is 2.46. The van der Waals surface area contributed by atoms with Crippen LogP contribution in [0.2, 0.25) is 5.02 Å². The predicted octanol–water partition coefficient (Wildman–Crippen LogP) is 4.56. The Kier molecular flexibility index (Phi) is 6.48. The number of nitrogens with zero attached hydrogens (tertiary/aromatic N) is 3. The minimum Gasteiger partial charge on any atom is -0.497 e. The number of methoxy groups -OCH3 is 1. The van der Waals surface area contributed by atoms with E-state index in [0.29, 0.717) is 17.2 Å². The van der Waals surface area contributed by atoms with Crippen molar-refractivity contribution in [2.75, 3.05) is 14.2 Å². The van der Waals surface area contributed by atoms with E-state index in [-0.39, 0.29) is 18.0 Å². The molecule has 0 bridgehead atoms. The van der Waals surface area contributed by atoms with Crippen LogP contribution in [0.5, 0.6) is 11.5 Å². The topological polar surface area (TPSA) is 90.0 Å². The molecule has 1 amide bonds. The van der Waals surface area contributed by atoms with Gasteiger partial charge in [-0.15, -0.1) is 0 Å². The molecular formula is C26H27ClN4O3. The van der Waals surface area contributed by atoms with E-state index in [2.05, 4.69) is 9.98 Å². The van der Waals surface area contributed by atoms with E-state index in [9.17, 15) is 4.79 Å². The highest BCUT2D eigenvalue weighted by atomic mass is 35.5. The third-order valence-electron chi connectivity index (χ3n) is 5.91. The molecule has 0 fully saturated rings. The lowest BCUT2D eigenvalue weighted by Gasteiger charge is -2.35. The molecule has 0 saturated heterocycles. The lowest BCUT2D eigenvalue weighted by Crippen LogP contribution is -2.45. The fraction of sp³-hybridized carbons (Fsp3) is 0.269. The van der Waals surface area contributed by atoms with Gasteiger partial charge in [-0.05, 0) is 55.3 Å². The standard InChI is InChI=1S/C18H17ClN4O2.C8H10O/c1-10-7-18(16(24)23(2)17(20)22-18)14-6-11(3-4-15(14)25-10)12-5-13(19)9-21-8-12;1-7-4-3-5-8(6-7)9-2/h3-6,8-10H,7H2,1-2H3,(H2,20,22);3-6H,1-2H3. The number of benzene rings is 2. The maximum absolute atomic E-state index is 12.9. The van der Waals surface area contributed by atoms with Crippen molar-refractivity contribution in [1.82, 2.24) is 9.88 Å². The third-order valence-corrected chi connectivity index (χ3v) is 6.11. The SMILES string of the molecule is CC1CC2(N=C(N)N(C)C2=O)c2cc(-c3cncc(Cl)c3)ccc2O1.COc1cccc(C)c1. The number of aryl methyl sites for hydroxylation is 1. The quantitative estimate of drug-likeness (QED) is 0.583. The van der Waals surface area contributed by atoms with Crippen molar-refractivity contribution in [3.63, 3.8) is 0 Å². The molecule has 1 spiro atoms. The number of likely N-dealkylation sites (N-methyl/N-ethyl adjacent to an activating group) is 1. The molecule has 7 nitrogen and oxygen atoms in total. The lowest BCUT2D eigenvalue weighted by molar-refractivity contribution is -0.132. The van der Waals surface area contributed by atoms with Crippen molar-refractivity contribution in [3.05, 3.63) is 77.1 Å². The van der Waals surface area contributed by atoms with Gasteiger partial charge in [0.1, 0.15) is 11.5 Å². The summed E-state index contributed by atoms with van der Waals surface area (Å²) in [6.45, 7) is 3.97. The molecule has 0 radical (unpaired) electrons. The molecule has 1 aromatic heterocycles. The average Bonchev–Trinajstić information content (AvgIpc) is 3.03. The van der Waals surface area contributed by atoms with Gasteiger partial charge in [-0.3, -0.25) is 14.7 Å². The van der Waals surface area contributed by atoms with E-state index in [4.69, 9.17) is 26.8 Å². The Morgan fingerprint density at radius 3 is 2.59 bits per heavy atom. The lowest BCUT2D eigenvalue weighted by atomic mass is 9.81. The van der Waals surface area contributed by atoms with Crippen LogP contribution in [0.15, 0.2) is 65.9 Å². The van der Waals surface area contributed by atoms with Crippen LogP contribution in [0.1, 0.15) is 24.5 Å². The second-order valence-electron chi connectivity index (χ2n) is 8.45. The molecule has 2 aliphatic heterocycles. The fourth-order valence-corrected chi connectivity index (χ4v) is 4.41. The Hall–Kier alpha value is -3.58. The average molecular weight is 479 g/mol. The maximum atomic E-state index is 12.9. The second-order valence-corrected chi connectivity index (χ2v) is 8.89. The number of hydrogen-bond acceptors (Lipinski definition) is 6. The molecule has 0 aliphatic carbocycles. The summed E-state index contributed by atoms with van der Waals surface area (Å²) in [6, 6.07) is 15.5. The van der Waals surface area contributed by atoms with Crippen LogP contribution in [-0.4, -0.2) is 42.0 Å². The van der Waals surface area contributed by atoms with Gasteiger partial charge < -0.3 is 15.2 Å². The van der Waals surface area contributed by atoms with Crippen molar-refractivity contribution >= 4 is 23.5 Å². The molecule has 5 rings (SSSR count). The van der Waals surface area contributed by atoms with Gasteiger partial charge in [-0.2, -0.15) is 0 Å². The van der Waals surface area contributed by atoms with Crippen LogP contribution in [-0.2, 0) is 10.3 Å². The number of fused-ring (bicyclic) bond motifs is 2. The number of aliphatic imine (C=N–C) groups is 1. The minimum atomic E-state index is -1.03. The molecule has 2 N–H and O–H groups in total. The fourth-order valence-electron chi connectivity index (χ4n) is 4.24. The molecule has 0 saturated carbocycles. The summed E-state index contributed by atoms with van der Waals surface area (Å²) < 4.78 is 10.9. The van der Waals surface area contributed by atoms with Gasteiger partial charge in [0.15, 0.2) is 11.5 Å². The van der Waals surface area contributed by atoms with Crippen LogP contribution in [0.3, 0.4) is 0 Å². The maximum Gasteiger partial charge on any atom is 0.261 e. The Labute approximate surface area is 204 Å². The number of halogens is 1. The number of ether oxygens (including phenoxy) is 2. The number of rotatable bonds is 2. The minimum absolute atomic E-state index is 0.136. The summed E-state index contributed by atoms with van der Waals surface area (Å²) in [5, 5.41) is 0.550. The van der Waals surface area contributed by atoms with Crippen molar-refractivity contribution in [2.45, 2.75) is 31.9 Å². The number of guanidine groups is 1. The van der Waals surface area contributed by atoms with Crippen LogP contribution in [0.25, 0.3) is 11.1 Å². The normalized spacial score (nSPS) is 20.7. The number of carbonyl (C=O) groups is 1. The Morgan fingerprint density at radius 1 is 1.18 bits per heavy atom. The monoisotopic (exact) mass is 478 g/mol. The molecule has 2 atom stereocenters. The molecule has 3 heterocycles. The molecule has 3 aromatic rings. The number of hydrogen-bond donors (Lipinski definition) is 1. The van der Waals surface area contributed by atoms with Crippen LogP contribution >= 0.6 is 11.6 Å². The highest BCUT2D eigenvalue weighted by Gasteiger charge is 2.52. The van der Waals surface area contributed by atoms with E-state index in [1.807, 2.05) is 62.4 Å². The van der Waals surface area contributed by atoms with Crippen molar-refractivity contribution < 1.29 is 14.3 Å². The largest absolute Gasteiger partial charge is 0.497 e. The number of nitrogens with two attached hydrogens (primary N) is 1. The summed E-state index contributed by atoms with van der Waals surface area (Å²) in [5.41, 5.74) is 8.60. The Bertz CT molecular complexity index is 1260. The van der Waals surface area contributed by atoms with Gasteiger partial charge in [0.25, 0.3) is 5.91 Å². The summed E-state index contributed by atoms with van der Waals surface area (Å²) in [4.78, 5) is 23.0. The van der Waals surface area contributed by atoms with E-state index in [0.717, 1.165) is 22.4 Å². The predicted molar refractivity (Wildman–Crippen MR) is 133 cm³/mol. The van der Waals surface area contributed by atoms with Crippen molar-refractivity contribution in [3.8, 4) is 22.6 Å². The first-order chi connectivity index (χ1) is 16.2. The summed E-state index contributed by atoms with van der Waals surface area (Å²) in [7, 11) is 3.31. The third kappa shape index (κ3) is 4.43. The summed E-state index contributed by atoms with van der Waals surface area (Å²) >= 11 is 6.05. The number of carbonyl (C=O) groups excluding carboxylic acids is 1. The highest BCUT2D eigenvalue weighted by molar-refractivity contribution is 6.30. The number of aromatic nitrogens is 1. The molecule has 2 aromatic carbocycles. The number of pyridine rings is 1. The molecule has 8 heteroatoms. The zero-order chi connectivity index (χ0) is 24.5. The van der Waals surface area contributed by atoms with Gasteiger partial charge in [-0.1, -0.05) is 29.8 Å². The first kappa shape index (κ1) is 23.6. The summed E-state index contributed by atoms with van der Waals surface area (Å²) in [5.74, 6) is 1.66. The van der Waals surface area contributed by atoms with E-state index in [1.54, 1.807) is 26.6 Å². The Morgan fingerprint density at radius 2 is 1.97 bits per heavy atom. The van der Waals surface area contributed by atoms with E-state index < -0.39 is 5.54 Å². The van der Waals surface area contributed by atoms with E-state index in [1.165, 1.54) is 10.5 Å². The van der Waals surface area contributed by atoms with Crippen LogP contribution < -0.4 is 15.2 Å². The first-order valence-electron chi connectivity index (χ1n) is 10.9. The molecular weight excluding hydrogens is 452 g/mol. The zero-order valence-corrected chi connectivity index (χ0v) is 20.3. The zero-order valence-electron chi connectivity index (χ0n) is 19.6. The Balaban J connectivity index is 0.000000257. The van der Waals surface area contributed by atoms with Crippen molar-refractivity contribution in [2.24, 2.45) is 10.7 Å². The first-order valence-corrected chi connectivity index (χ1v) is 11.3. The van der Waals surface area contributed by atoms with Crippen LogP contribution in [0, 0.1) is 6.92 Å². The summed E-state index contributed by atoms with van der Waals surface area (Å²) in [6.07, 6.45) is 3.61. The molecule has 2 aliphatic rings. The van der Waals surface area contributed by atoms with Gasteiger partial charge in [0.2, 0.25) is 0 Å². The molecule has 2 unspecified atom stereocenters. The molecule has 34 heavy (non-hydrogen) atoms. The van der Waals surface area contributed by atoms with Gasteiger partial charge >= 0.3 is 0 Å². The second kappa shape index (κ2) is 9.35.